The van der Waals surface area contributed by atoms with Crippen molar-refractivity contribution in [2.45, 2.75) is 26.1 Å². The van der Waals surface area contributed by atoms with Gasteiger partial charge >= 0.3 is 0 Å². The van der Waals surface area contributed by atoms with Crippen molar-refractivity contribution in [1.82, 2.24) is 9.55 Å². The van der Waals surface area contributed by atoms with Gasteiger partial charge in [-0.3, -0.25) is 0 Å². The lowest BCUT2D eigenvalue weighted by molar-refractivity contribution is 0.0919. The normalized spacial score (nSPS) is 12.4. The molecule has 3 N–H and O–H groups in total. The molecule has 5 heteroatoms. The number of aliphatic hydroxyl groups is 1. The first-order chi connectivity index (χ1) is 9.19. The maximum absolute atomic E-state index is 9.93. The topological polar surface area (TPSA) is 73.3 Å². The van der Waals surface area contributed by atoms with Gasteiger partial charge in [0.25, 0.3) is 0 Å². The van der Waals surface area contributed by atoms with E-state index in [9.17, 15) is 5.11 Å². The largest absolute Gasteiger partial charge is 0.491 e. The molecule has 0 radical (unpaired) electrons. The zero-order valence-corrected chi connectivity index (χ0v) is 11.0. The second-order valence-electron chi connectivity index (χ2n) is 4.44. The first kappa shape index (κ1) is 13.6. The zero-order valence-electron chi connectivity index (χ0n) is 11.0. The molecule has 2 aromatic rings. The third-order valence-electron chi connectivity index (χ3n) is 2.91. The minimum Gasteiger partial charge on any atom is -0.491 e. The molecule has 2 rings (SSSR count). The van der Waals surface area contributed by atoms with Crippen molar-refractivity contribution in [3.63, 3.8) is 0 Å². The number of aliphatic hydroxyl groups excluding tert-OH is 1. The highest BCUT2D eigenvalue weighted by molar-refractivity contribution is 5.28. The molecule has 1 heterocycles. The van der Waals surface area contributed by atoms with Gasteiger partial charge in [-0.15, -0.1) is 0 Å². The Balaban J connectivity index is 1.86. The van der Waals surface area contributed by atoms with E-state index in [1.54, 1.807) is 6.20 Å². The van der Waals surface area contributed by atoms with Crippen LogP contribution in [0.25, 0.3) is 0 Å². The average Bonchev–Trinajstić information content (AvgIpc) is 2.82. The molecule has 1 unspecified atom stereocenters. The maximum atomic E-state index is 9.93. The van der Waals surface area contributed by atoms with Crippen molar-refractivity contribution in [2.24, 2.45) is 5.73 Å². The lowest BCUT2D eigenvalue weighted by atomic mass is 10.2. The molecule has 0 saturated heterocycles. The van der Waals surface area contributed by atoms with Crippen LogP contribution in [-0.2, 0) is 13.1 Å². The van der Waals surface area contributed by atoms with Gasteiger partial charge in [-0.2, -0.15) is 0 Å². The van der Waals surface area contributed by atoms with Crippen LogP contribution in [0.15, 0.2) is 36.7 Å². The van der Waals surface area contributed by atoms with E-state index in [0.717, 1.165) is 17.1 Å². The SMILES string of the molecule is Cc1nccn1CC(O)COc1cccc(CN)c1. The van der Waals surface area contributed by atoms with E-state index in [4.69, 9.17) is 10.5 Å². The van der Waals surface area contributed by atoms with Crippen molar-refractivity contribution in [1.29, 1.82) is 0 Å². The van der Waals surface area contributed by atoms with Crippen LogP contribution >= 0.6 is 0 Å². The highest BCUT2D eigenvalue weighted by Gasteiger charge is 2.08. The number of imidazole rings is 1. The van der Waals surface area contributed by atoms with Crippen LogP contribution in [0.5, 0.6) is 5.75 Å². The number of ether oxygens (including phenoxy) is 1. The molecular formula is C14H19N3O2. The van der Waals surface area contributed by atoms with E-state index in [-0.39, 0.29) is 6.61 Å². The van der Waals surface area contributed by atoms with E-state index in [1.165, 1.54) is 0 Å². The molecule has 0 aliphatic heterocycles. The summed E-state index contributed by atoms with van der Waals surface area (Å²) in [5.41, 5.74) is 6.58. The van der Waals surface area contributed by atoms with Gasteiger partial charge in [-0.25, -0.2) is 4.98 Å². The van der Waals surface area contributed by atoms with E-state index < -0.39 is 6.10 Å². The van der Waals surface area contributed by atoms with Crippen LogP contribution in [0, 0.1) is 6.92 Å². The number of nitrogens with two attached hydrogens (primary N) is 1. The summed E-state index contributed by atoms with van der Waals surface area (Å²) < 4.78 is 7.45. The molecule has 0 aliphatic rings. The fourth-order valence-electron chi connectivity index (χ4n) is 1.83. The predicted octanol–water partition coefficient (Wildman–Crippen LogP) is 1.09. The van der Waals surface area contributed by atoms with Crippen LogP contribution < -0.4 is 10.5 Å². The fraction of sp³-hybridized carbons (Fsp3) is 0.357. The minimum atomic E-state index is -0.575. The van der Waals surface area contributed by atoms with Crippen molar-refractivity contribution in [3.8, 4) is 5.75 Å². The second-order valence-corrected chi connectivity index (χ2v) is 4.44. The van der Waals surface area contributed by atoms with Crippen molar-refractivity contribution in [2.75, 3.05) is 6.61 Å². The Morgan fingerprint density at radius 3 is 3.00 bits per heavy atom. The third kappa shape index (κ3) is 3.81. The highest BCUT2D eigenvalue weighted by Crippen LogP contribution is 2.13. The van der Waals surface area contributed by atoms with Crippen LogP contribution in [0.3, 0.4) is 0 Å². The molecule has 0 aliphatic carbocycles. The van der Waals surface area contributed by atoms with E-state index in [0.29, 0.717) is 13.1 Å². The summed E-state index contributed by atoms with van der Waals surface area (Å²) in [7, 11) is 0. The zero-order chi connectivity index (χ0) is 13.7. The van der Waals surface area contributed by atoms with Crippen molar-refractivity contribution >= 4 is 0 Å². The number of aryl methyl sites for hydroxylation is 1. The van der Waals surface area contributed by atoms with Crippen LogP contribution in [0.2, 0.25) is 0 Å². The van der Waals surface area contributed by atoms with Crippen LogP contribution in [0.4, 0.5) is 0 Å². The maximum Gasteiger partial charge on any atom is 0.119 e. The third-order valence-corrected chi connectivity index (χ3v) is 2.91. The van der Waals surface area contributed by atoms with Crippen molar-refractivity contribution in [3.05, 3.63) is 48.0 Å². The molecule has 0 bridgehead atoms. The summed E-state index contributed by atoms with van der Waals surface area (Å²) in [6.07, 6.45) is 2.98. The second kappa shape index (κ2) is 6.36. The quantitative estimate of drug-likeness (QED) is 0.816. The van der Waals surface area contributed by atoms with Gasteiger partial charge in [0, 0.05) is 18.9 Å². The molecule has 0 amide bonds. The van der Waals surface area contributed by atoms with Gasteiger partial charge in [0.05, 0.1) is 6.54 Å². The summed E-state index contributed by atoms with van der Waals surface area (Å²) in [5.74, 6) is 1.61. The number of rotatable bonds is 6. The lowest BCUT2D eigenvalue weighted by Crippen LogP contribution is -2.23. The Labute approximate surface area is 112 Å². The molecule has 0 saturated carbocycles. The Bertz CT molecular complexity index is 525. The highest BCUT2D eigenvalue weighted by atomic mass is 16.5. The smallest absolute Gasteiger partial charge is 0.119 e. The molecule has 1 aromatic heterocycles. The van der Waals surface area contributed by atoms with Gasteiger partial charge in [-0.05, 0) is 24.6 Å². The molecule has 102 valence electrons. The Morgan fingerprint density at radius 2 is 2.32 bits per heavy atom. The number of nitrogens with zero attached hydrogens (tertiary/aromatic N) is 2. The predicted molar refractivity (Wildman–Crippen MR) is 72.8 cm³/mol. The fourth-order valence-corrected chi connectivity index (χ4v) is 1.83. The average molecular weight is 261 g/mol. The van der Waals surface area contributed by atoms with E-state index in [1.807, 2.05) is 42.0 Å². The Hall–Kier alpha value is -1.85. The van der Waals surface area contributed by atoms with Gasteiger partial charge in [0.15, 0.2) is 0 Å². The van der Waals surface area contributed by atoms with Gasteiger partial charge < -0.3 is 20.1 Å². The first-order valence-corrected chi connectivity index (χ1v) is 6.26. The van der Waals surface area contributed by atoms with E-state index >= 15 is 0 Å². The Kier molecular flexibility index (Phi) is 4.54. The van der Waals surface area contributed by atoms with Gasteiger partial charge in [-0.1, -0.05) is 12.1 Å². The van der Waals surface area contributed by atoms with Crippen LogP contribution in [-0.4, -0.2) is 27.4 Å². The van der Waals surface area contributed by atoms with Crippen molar-refractivity contribution < 1.29 is 9.84 Å². The number of benzene rings is 1. The van der Waals surface area contributed by atoms with Crippen LogP contribution in [0.1, 0.15) is 11.4 Å². The number of hydrogen-bond donors (Lipinski definition) is 2. The monoisotopic (exact) mass is 261 g/mol. The lowest BCUT2D eigenvalue weighted by Gasteiger charge is -2.14. The summed E-state index contributed by atoms with van der Waals surface area (Å²) in [4.78, 5) is 4.11. The molecule has 5 nitrogen and oxygen atoms in total. The molecule has 1 aromatic carbocycles. The summed E-state index contributed by atoms with van der Waals surface area (Å²) in [5, 5.41) is 9.93. The summed E-state index contributed by atoms with van der Waals surface area (Å²) >= 11 is 0. The van der Waals surface area contributed by atoms with Gasteiger partial charge in [0.1, 0.15) is 24.3 Å². The Morgan fingerprint density at radius 1 is 1.47 bits per heavy atom. The first-order valence-electron chi connectivity index (χ1n) is 6.26. The number of aromatic nitrogens is 2. The molecule has 0 spiro atoms. The molecule has 19 heavy (non-hydrogen) atoms. The van der Waals surface area contributed by atoms with E-state index in [2.05, 4.69) is 4.98 Å². The number of hydrogen-bond acceptors (Lipinski definition) is 4. The molecular weight excluding hydrogens is 242 g/mol. The minimum absolute atomic E-state index is 0.242. The summed E-state index contributed by atoms with van der Waals surface area (Å²) in [6, 6.07) is 7.57. The standard InChI is InChI=1S/C14H19N3O2/c1-11-16-5-6-17(11)9-13(18)10-19-14-4-2-3-12(7-14)8-15/h2-7,13,18H,8-10,15H2,1H3. The molecule has 0 fully saturated rings. The molecule has 1 atom stereocenters. The summed E-state index contributed by atoms with van der Waals surface area (Å²) in [6.45, 7) is 3.10. The van der Waals surface area contributed by atoms with Gasteiger partial charge in [0.2, 0.25) is 0 Å².